The average Bonchev–Trinajstić information content (AvgIpc) is 3.60. The molecule has 0 aromatic heterocycles. The Morgan fingerprint density at radius 3 is 0.368 bits per heavy atom. The minimum Gasteiger partial charge on any atom is -0.550 e. The predicted molar refractivity (Wildman–Crippen MR) is 422 cm³/mol. The van der Waals surface area contributed by atoms with Crippen LogP contribution in [0.3, 0.4) is 0 Å². The molecule has 95 heavy (non-hydrogen) atoms. The number of aliphatic carboxylic acids is 2. The SMILES string of the molecule is CCCCCCCCCCCCCCCCCCCN(CCCCCCCCCCCCCCCCCCC)CCCCCC(=O)[O-].CCCCCCCCCCCCCCCCCCCN(CCCCCCCCCCCCCCCCCCC)CCCCCC(=O)[O-].[Ca+2]. The van der Waals surface area contributed by atoms with Crippen molar-refractivity contribution < 1.29 is 19.8 Å². The predicted octanol–water partition coefficient (Wildman–Crippen LogP) is 27.4. The van der Waals surface area contributed by atoms with Gasteiger partial charge in [0, 0.05) is 11.9 Å². The van der Waals surface area contributed by atoms with Gasteiger partial charge < -0.3 is 29.6 Å². The van der Waals surface area contributed by atoms with Crippen LogP contribution >= 0.6 is 0 Å². The largest absolute Gasteiger partial charge is 2.00 e. The summed E-state index contributed by atoms with van der Waals surface area (Å²) >= 11 is 0. The van der Waals surface area contributed by atoms with Crippen LogP contribution in [0.2, 0.25) is 0 Å². The second kappa shape index (κ2) is 92.1. The summed E-state index contributed by atoms with van der Waals surface area (Å²) in [5, 5.41) is 21.5. The Hall–Kier alpha value is 0.120. The zero-order chi connectivity index (χ0) is 68.3. The van der Waals surface area contributed by atoms with Crippen LogP contribution in [-0.4, -0.2) is 98.7 Å². The fraction of sp³-hybridized carbons (Fsp3) is 0.977. The van der Waals surface area contributed by atoms with Gasteiger partial charge in [-0.3, -0.25) is 0 Å². The first-order chi connectivity index (χ1) is 46.4. The first kappa shape index (κ1) is 99.3. The van der Waals surface area contributed by atoms with Crippen molar-refractivity contribution in [3.8, 4) is 0 Å². The zero-order valence-electron chi connectivity index (χ0n) is 66.2. The molecule has 0 fully saturated rings. The van der Waals surface area contributed by atoms with Gasteiger partial charge in [-0.15, -0.1) is 0 Å². The molecule has 0 spiro atoms. The molecule has 0 N–H and O–H groups in total. The van der Waals surface area contributed by atoms with E-state index >= 15 is 0 Å². The summed E-state index contributed by atoms with van der Waals surface area (Å²) in [6.45, 7) is 16.4. The van der Waals surface area contributed by atoms with Crippen LogP contribution in [0.1, 0.15) is 516 Å². The molecule has 0 aromatic carbocycles. The Morgan fingerprint density at radius 2 is 0.263 bits per heavy atom. The molecule has 0 heterocycles. The number of carboxylic acids is 2. The Morgan fingerprint density at radius 1 is 0.168 bits per heavy atom. The van der Waals surface area contributed by atoms with Crippen molar-refractivity contribution >= 4 is 49.7 Å². The Bertz CT molecular complexity index is 1190. The van der Waals surface area contributed by atoms with E-state index in [9.17, 15) is 19.8 Å². The molecule has 0 bridgehead atoms. The van der Waals surface area contributed by atoms with Crippen LogP contribution in [0.5, 0.6) is 0 Å². The maximum absolute atomic E-state index is 10.7. The molecule has 0 saturated carbocycles. The summed E-state index contributed by atoms with van der Waals surface area (Å²) in [6, 6.07) is 0. The number of carbonyl (C=O) groups excluding carboxylic acids is 2. The number of carbonyl (C=O) groups is 2. The number of unbranched alkanes of at least 4 members (excludes halogenated alkanes) is 68. The van der Waals surface area contributed by atoms with Gasteiger partial charge in [-0.25, -0.2) is 0 Å². The molecule has 6 nitrogen and oxygen atoms in total. The van der Waals surface area contributed by atoms with Gasteiger partial charge >= 0.3 is 37.7 Å². The standard InChI is InChI=1S/2C44H89NO2.Ca/c2*1-3-5-7-9-11-13-15-17-19-21-23-25-27-29-31-33-37-41-45(43-39-35-36-40-44(46)47)42-38-34-32-30-28-26-24-22-20-18-16-14-12-10-8-6-4-2;/h2*3-43H2,1-2H3,(H,46,47);/q;;+2/p-2. The number of hydrogen-bond acceptors (Lipinski definition) is 6. The van der Waals surface area contributed by atoms with E-state index in [1.165, 1.54) is 463 Å². The van der Waals surface area contributed by atoms with Crippen molar-refractivity contribution in [3.63, 3.8) is 0 Å². The average molecular weight is 1370 g/mol. The number of nitrogens with zero attached hydrogens (tertiary/aromatic N) is 2. The number of hydrogen-bond donors (Lipinski definition) is 0. The zero-order valence-corrected chi connectivity index (χ0v) is 68.4. The summed E-state index contributed by atoms with van der Waals surface area (Å²) in [5.41, 5.74) is 0. The van der Waals surface area contributed by atoms with Gasteiger partial charge in [0.15, 0.2) is 0 Å². The molecule has 0 amide bonds. The molecular weight excluding hydrogens is 1190 g/mol. The third-order valence-electron chi connectivity index (χ3n) is 21.0. The molecule has 0 aromatic rings. The molecule has 0 rings (SSSR count). The van der Waals surface area contributed by atoms with Gasteiger partial charge in [0.1, 0.15) is 0 Å². The van der Waals surface area contributed by atoms with Crippen molar-refractivity contribution in [2.45, 2.75) is 516 Å². The fourth-order valence-electron chi connectivity index (χ4n) is 14.5. The molecule has 0 atom stereocenters. The van der Waals surface area contributed by atoms with Crippen LogP contribution in [0.25, 0.3) is 0 Å². The van der Waals surface area contributed by atoms with Crippen molar-refractivity contribution in [2.75, 3.05) is 39.3 Å². The van der Waals surface area contributed by atoms with Crippen LogP contribution in [0.15, 0.2) is 0 Å². The normalized spacial score (nSPS) is 11.5. The molecular formula is C88H176CaN2O4. The minimum absolute atomic E-state index is 0. The van der Waals surface area contributed by atoms with Crippen molar-refractivity contribution in [3.05, 3.63) is 0 Å². The quantitative estimate of drug-likeness (QED) is 0.0445. The Balaban J connectivity index is -0.00000176. The molecule has 564 valence electrons. The van der Waals surface area contributed by atoms with E-state index in [0.717, 1.165) is 51.6 Å². The van der Waals surface area contributed by atoms with Crippen LogP contribution < -0.4 is 10.2 Å². The molecule has 0 aliphatic carbocycles. The summed E-state index contributed by atoms with van der Waals surface area (Å²) in [6.07, 6.45) is 103. The van der Waals surface area contributed by atoms with Gasteiger partial charge in [-0.05, 0) is 103 Å². The summed E-state index contributed by atoms with van der Waals surface area (Å²) in [5.74, 6) is -1.79. The maximum atomic E-state index is 10.7. The van der Waals surface area contributed by atoms with Crippen molar-refractivity contribution in [2.24, 2.45) is 0 Å². The Kier molecular flexibility index (Phi) is 96.3. The number of rotatable bonds is 84. The number of carboxylic acid groups (broad SMARTS) is 2. The minimum atomic E-state index is -0.895. The van der Waals surface area contributed by atoms with E-state index in [-0.39, 0.29) is 50.6 Å². The Labute approximate surface area is 629 Å². The molecule has 0 saturated heterocycles. The second-order valence-corrected chi connectivity index (χ2v) is 30.7. The van der Waals surface area contributed by atoms with Crippen LogP contribution in [-0.2, 0) is 9.59 Å². The fourth-order valence-corrected chi connectivity index (χ4v) is 14.5. The molecule has 0 aliphatic rings. The second-order valence-electron chi connectivity index (χ2n) is 30.7. The molecule has 0 unspecified atom stereocenters. The first-order valence-corrected chi connectivity index (χ1v) is 44.2. The molecule has 0 radical (unpaired) electrons. The third kappa shape index (κ3) is 94.1. The van der Waals surface area contributed by atoms with Gasteiger partial charge in [0.05, 0.1) is 0 Å². The van der Waals surface area contributed by atoms with E-state index in [0.29, 0.717) is 0 Å². The van der Waals surface area contributed by atoms with E-state index in [2.05, 4.69) is 37.5 Å². The van der Waals surface area contributed by atoms with Gasteiger partial charge in [0.2, 0.25) is 0 Å². The molecule has 0 aliphatic heterocycles. The van der Waals surface area contributed by atoms with Crippen molar-refractivity contribution in [1.29, 1.82) is 0 Å². The van der Waals surface area contributed by atoms with E-state index in [1.807, 2.05) is 0 Å². The van der Waals surface area contributed by atoms with Gasteiger partial charge in [-0.2, -0.15) is 0 Å². The maximum Gasteiger partial charge on any atom is 2.00 e. The van der Waals surface area contributed by atoms with Crippen LogP contribution in [0.4, 0.5) is 0 Å². The smallest absolute Gasteiger partial charge is 0.550 e. The monoisotopic (exact) mass is 1370 g/mol. The van der Waals surface area contributed by atoms with E-state index in [4.69, 9.17) is 0 Å². The van der Waals surface area contributed by atoms with Gasteiger partial charge in [0.25, 0.3) is 0 Å². The van der Waals surface area contributed by atoms with E-state index in [1.54, 1.807) is 0 Å². The van der Waals surface area contributed by atoms with Gasteiger partial charge in [-0.1, -0.05) is 451 Å². The van der Waals surface area contributed by atoms with Crippen molar-refractivity contribution in [1.82, 2.24) is 9.80 Å². The third-order valence-corrected chi connectivity index (χ3v) is 21.0. The summed E-state index contributed by atoms with van der Waals surface area (Å²) < 4.78 is 0. The van der Waals surface area contributed by atoms with Crippen LogP contribution in [0, 0.1) is 0 Å². The van der Waals surface area contributed by atoms with E-state index < -0.39 is 11.9 Å². The summed E-state index contributed by atoms with van der Waals surface area (Å²) in [7, 11) is 0. The molecule has 7 heteroatoms. The first-order valence-electron chi connectivity index (χ1n) is 44.2. The topological polar surface area (TPSA) is 86.7 Å². The summed E-state index contributed by atoms with van der Waals surface area (Å²) in [4.78, 5) is 26.9.